The van der Waals surface area contributed by atoms with Crippen molar-refractivity contribution in [2.24, 2.45) is 5.41 Å². The monoisotopic (exact) mass is 354 g/mol. The van der Waals surface area contributed by atoms with Gasteiger partial charge in [-0.3, -0.25) is 0 Å². The molecule has 0 rings (SSSR count). The van der Waals surface area contributed by atoms with Crippen molar-refractivity contribution >= 4 is 15.9 Å². The molecule has 0 radical (unpaired) electrons. The number of unbranched alkanes of at least 4 members (excludes halogenated alkanes) is 1. The molecule has 0 aliphatic rings. The SMILES string of the molecule is CCCCOCCOCCOCCOCC(C)(C)CBr. The summed E-state index contributed by atoms with van der Waals surface area (Å²) in [5.74, 6) is 0. The fourth-order valence-electron chi connectivity index (χ4n) is 1.29. The number of alkyl halides is 1. The molecule has 20 heavy (non-hydrogen) atoms. The van der Waals surface area contributed by atoms with E-state index in [2.05, 4.69) is 36.7 Å². The Bertz CT molecular complexity index is 200. The minimum atomic E-state index is 0.181. The summed E-state index contributed by atoms with van der Waals surface area (Å²) in [7, 11) is 0. The van der Waals surface area contributed by atoms with Crippen molar-refractivity contribution in [3.63, 3.8) is 0 Å². The van der Waals surface area contributed by atoms with Gasteiger partial charge in [0.25, 0.3) is 0 Å². The highest BCUT2D eigenvalue weighted by Gasteiger charge is 2.15. The fourth-order valence-corrected chi connectivity index (χ4v) is 1.46. The Morgan fingerprint density at radius 2 is 1.20 bits per heavy atom. The second-order valence-corrected chi connectivity index (χ2v) is 6.10. The largest absolute Gasteiger partial charge is 0.379 e. The van der Waals surface area contributed by atoms with E-state index in [-0.39, 0.29) is 5.41 Å². The summed E-state index contributed by atoms with van der Waals surface area (Å²) >= 11 is 3.47. The van der Waals surface area contributed by atoms with Gasteiger partial charge in [0.2, 0.25) is 0 Å². The van der Waals surface area contributed by atoms with E-state index in [0.717, 1.165) is 25.0 Å². The van der Waals surface area contributed by atoms with Crippen molar-refractivity contribution in [1.82, 2.24) is 0 Å². The van der Waals surface area contributed by atoms with Crippen molar-refractivity contribution in [2.45, 2.75) is 33.6 Å². The molecule has 0 atom stereocenters. The number of ether oxygens (including phenoxy) is 4. The molecular formula is C15H31BrO4. The van der Waals surface area contributed by atoms with Crippen LogP contribution in [0.4, 0.5) is 0 Å². The summed E-state index contributed by atoms with van der Waals surface area (Å²) in [6.45, 7) is 11.9. The van der Waals surface area contributed by atoms with Gasteiger partial charge in [0, 0.05) is 11.9 Å². The summed E-state index contributed by atoms with van der Waals surface area (Å²) < 4.78 is 21.8. The molecule has 0 unspecified atom stereocenters. The van der Waals surface area contributed by atoms with Crippen molar-refractivity contribution in [3.8, 4) is 0 Å². The van der Waals surface area contributed by atoms with Crippen LogP contribution < -0.4 is 0 Å². The van der Waals surface area contributed by atoms with Gasteiger partial charge in [-0.1, -0.05) is 43.1 Å². The standard InChI is InChI=1S/C15H31BrO4/c1-4-5-6-17-7-8-18-9-10-19-11-12-20-14-15(2,3)13-16/h4-14H2,1-3H3. The topological polar surface area (TPSA) is 36.9 Å². The zero-order chi connectivity index (χ0) is 15.1. The predicted molar refractivity (Wildman–Crippen MR) is 85.8 cm³/mol. The summed E-state index contributed by atoms with van der Waals surface area (Å²) in [6, 6.07) is 0. The molecule has 122 valence electrons. The van der Waals surface area contributed by atoms with E-state index in [4.69, 9.17) is 18.9 Å². The third kappa shape index (κ3) is 14.7. The molecule has 5 heteroatoms. The van der Waals surface area contributed by atoms with E-state index in [1.807, 2.05) is 0 Å². The Morgan fingerprint density at radius 3 is 1.65 bits per heavy atom. The Morgan fingerprint density at radius 1 is 0.750 bits per heavy atom. The van der Waals surface area contributed by atoms with E-state index in [9.17, 15) is 0 Å². The zero-order valence-corrected chi connectivity index (χ0v) is 14.9. The van der Waals surface area contributed by atoms with Gasteiger partial charge in [0.15, 0.2) is 0 Å². The summed E-state index contributed by atoms with van der Waals surface area (Å²) in [5, 5.41) is 0.940. The van der Waals surface area contributed by atoms with Crippen LogP contribution in [-0.4, -0.2) is 58.2 Å². The third-order valence-electron chi connectivity index (χ3n) is 2.61. The molecule has 0 aromatic heterocycles. The van der Waals surface area contributed by atoms with Crippen molar-refractivity contribution in [3.05, 3.63) is 0 Å². The van der Waals surface area contributed by atoms with E-state index in [1.54, 1.807) is 0 Å². The van der Waals surface area contributed by atoms with E-state index < -0.39 is 0 Å². The van der Waals surface area contributed by atoms with Crippen LogP contribution in [0.3, 0.4) is 0 Å². The lowest BCUT2D eigenvalue weighted by Gasteiger charge is -2.21. The number of hydrogen-bond donors (Lipinski definition) is 0. The van der Waals surface area contributed by atoms with Gasteiger partial charge in [-0.15, -0.1) is 0 Å². The first-order chi connectivity index (χ1) is 9.62. The van der Waals surface area contributed by atoms with Crippen LogP contribution in [0, 0.1) is 5.41 Å². The van der Waals surface area contributed by atoms with E-state index in [0.29, 0.717) is 39.6 Å². The first kappa shape index (κ1) is 20.3. The molecule has 0 aliphatic heterocycles. The van der Waals surface area contributed by atoms with E-state index >= 15 is 0 Å². The highest BCUT2D eigenvalue weighted by molar-refractivity contribution is 9.09. The Kier molecular flexibility index (Phi) is 14.5. The van der Waals surface area contributed by atoms with Gasteiger partial charge < -0.3 is 18.9 Å². The molecule has 0 heterocycles. The van der Waals surface area contributed by atoms with Crippen LogP contribution in [0.15, 0.2) is 0 Å². The van der Waals surface area contributed by atoms with Gasteiger partial charge in [-0.25, -0.2) is 0 Å². The van der Waals surface area contributed by atoms with Crippen molar-refractivity contribution in [1.29, 1.82) is 0 Å². The maximum absolute atomic E-state index is 5.56. The van der Waals surface area contributed by atoms with Gasteiger partial charge in [-0.2, -0.15) is 0 Å². The Hall–Kier alpha value is 0.320. The maximum Gasteiger partial charge on any atom is 0.0701 e. The molecule has 0 aromatic carbocycles. The smallest absolute Gasteiger partial charge is 0.0701 e. The lowest BCUT2D eigenvalue weighted by Crippen LogP contribution is -2.22. The van der Waals surface area contributed by atoms with Gasteiger partial charge >= 0.3 is 0 Å². The zero-order valence-electron chi connectivity index (χ0n) is 13.3. The summed E-state index contributed by atoms with van der Waals surface area (Å²) in [6.07, 6.45) is 2.29. The molecule has 0 N–H and O–H groups in total. The minimum absolute atomic E-state index is 0.181. The first-order valence-electron chi connectivity index (χ1n) is 7.49. The van der Waals surface area contributed by atoms with Crippen molar-refractivity contribution in [2.75, 3.05) is 58.2 Å². The second-order valence-electron chi connectivity index (χ2n) is 5.54. The quantitative estimate of drug-likeness (QED) is 0.334. The summed E-state index contributed by atoms with van der Waals surface area (Å²) in [4.78, 5) is 0. The number of rotatable bonds is 15. The van der Waals surface area contributed by atoms with Crippen LogP contribution in [0.25, 0.3) is 0 Å². The average molecular weight is 355 g/mol. The average Bonchev–Trinajstić information content (AvgIpc) is 2.44. The number of halogens is 1. The molecular weight excluding hydrogens is 324 g/mol. The Balaban J connectivity index is 3.06. The number of hydrogen-bond acceptors (Lipinski definition) is 4. The van der Waals surface area contributed by atoms with Gasteiger partial charge in [-0.05, 0) is 11.8 Å². The van der Waals surface area contributed by atoms with Gasteiger partial charge in [0.05, 0.1) is 46.2 Å². The minimum Gasteiger partial charge on any atom is -0.379 e. The molecule has 4 nitrogen and oxygen atoms in total. The molecule has 0 amide bonds. The molecule has 0 aromatic rings. The van der Waals surface area contributed by atoms with Crippen LogP contribution >= 0.6 is 15.9 Å². The maximum atomic E-state index is 5.56. The van der Waals surface area contributed by atoms with Gasteiger partial charge in [0.1, 0.15) is 0 Å². The molecule has 0 spiro atoms. The molecule has 0 saturated carbocycles. The normalized spacial score (nSPS) is 12.0. The highest BCUT2D eigenvalue weighted by atomic mass is 79.9. The molecule has 0 aliphatic carbocycles. The third-order valence-corrected chi connectivity index (χ3v) is 4.13. The predicted octanol–water partition coefficient (Wildman–Crippen LogP) is 3.27. The first-order valence-corrected chi connectivity index (χ1v) is 8.61. The summed E-state index contributed by atoms with van der Waals surface area (Å²) in [5.41, 5.74) is 0.181. The molecule has 0 saturated heterocycles. The van der Waals surface area contributed by atoms with Crippen molar-refractivity contribution < 1.29 is 18.9 Å². The van der Waals surface area contributed by atoms with Crippen LogP contribution in [0.5, 0.6) is 0 Å². The molecule has 0 fully saturated rings. The second kappa shape index (κ2) is 14.3. The lowest BCUT2D eigenvalue weighted by atomic mass is 9.99. The fraction of sp³-hybridized carbons (Fsp3) is 1.00. The van der Waals surface area contributed by atoms with E-state index in [1.165, 1.54) is 6.42 Å². The van der Waals surface area contributed by atoms with Crippen LogP contribution in [0.2, 0.25) is 0 Å². The van der Waals surface area contributed by atoms with Crippen LogP contribution in [0.1, 0.15) is 33.6 Å². The molecule has 0 bridgehead atoms. The lowest BCUT2D eigenvalue weighted by molar-refractivity contribution is -0.0105. The Labute approximate surface area is 132 Å². The highest BCUT2D eigenvalue weighted by Crippen LogP contribution is 2.17. The van der Waals surface area contributed by atoms with Crippen LogP contribution in [-0.2, 0) is 18.9 Å².